The second-order valence-electron chi connectivity index (χ2n) is 5.32. The Labute approximate surface area is 126 Å². The van der Waals surface area contributed by atoms with Crippen LogP contribution in [0, 0.1) is 0 Å². The number of aromatic nitrogens is 2. The van der Waals surface area contributed by atoms with Crippen LogP contribution < -0.4 is 0 Å². The first-order chi connectivity index (χ1) is 10.4. The lowest BCUT2D eigenvalue weighted by Crippen LogP contribution is -2.03. The van der Waals surface area contributed by atoms with Crippen LogP contribution in [0.15, 0.2) is 79.4 Å². The van der Waals surface area contributed by atoms with Gasteiger partial charge in [0.25, 0.3) is 0 Å². The van der Waals surface area contributed by atoms with Crippen LogP contribution in [0.4, 0.5) is 0 Å². The summed E-state index contributed by atoms with van der Waals surface area (Å²) in [5, 5.41) is 0. The van der Waals surface area contributed by atoms with Gasteiger partial charge in [0, 0.05) is 24.9 Å². The van der Waals surface area contributed by atoms with Gasteiger partial charge in [0.05, 0.1) is 6.33 Å². The Kier molecular flexibility index (Phi) is 4.47. The van der Waals surface area contributed by atoms with Crippen LogP contribution in [-0.2, 0) is 6.54 Å². The molecule has 2 nitrogen and oxygen atoms in total. The third kappa shape index (κ3) is 3.60. The van der Waals surface area contributed by atoms with E-state index in [1.807, 2.05) is 18.7 Å². The van der Waals surface area contributed by atoms with E-state index in [1.165, 1.54) is 11.1 Å². The lowest BCUT2D eigenvalue weighted by atomic mass is 9.87. The van der Waals surface area contributed by atoms with Crippen LogP contribution in [0.3, 0.4) is 0 Å². The molecule has 1 aromatic heterocycles. The molecule has 0 saturated heterocycles. The van der Waals surface area contributed by atoms with Crippen LogP contribution >= 0.6 is 0 Å². The van der Waals surface area contributed by atoms with E-state index in [4.69, 9.17) is 0 Å². The molecule has 1 heterocycles. The Morgan fingerprint density at radius 1 is 0.857 bits per heavy atom. The molecular weight excluding hydrogens is 256 g/mol. The van der Waals surface area contributed by atoms with Crippen molar-refractivity contribution in [1.82, 2.24) is 9.55 Å². The summed E-state index contributed by atoms with van der Waals surface area (Å²) in [5.74, 6) is 0.468. The Balaban J connectivity index is 1.73. The second-order valence-corrected chi connectivity index (χ2v) is 5.32. The zero-order valence-electron chi connectivity index (χ0n) is 12.1. The number of hydrogen-bond donors (Lipinski definition) is 0. The van der Waals surface area contributed by atoms with Crippen molar-refractivity contribution in [3.05, 3.63) is 90.5 Å². The fourth-order valence-electron chi connectivity index (χ4n) is 2.79. The lowest BCUT2D eigenvalue weighted by Gasteiger charge is -2.18. The Morgan fingerprint density at radius 2 is 1.48 bits per heavy atom. The monoisotopic (exact) mass is 276 g/mol. The van der Waals surface area contributed by atoms with Gasteiger partial charge in [0.1, 0.15) is 0 Å². The molecule has 0 radical (unpaired) electrons. The molecule has 0 bridgehead atoms. The van der Waals surface area contributed by atoms with E-state index in [1.54, 1.807) is 0 Å². The number of imidazole rings is 1. The van der Waals surface area contributed by atoms with Gasteiger partial charge in [0.15, 0.2) is 0 Å². The highest BCUT2D eigenvalue weighted by molar-refractivity contribution is 5.32. The van der Waals surface area contributed by atoms with Gasteiger partial charge < -0.3 is 4.57 Å². The predicted octanol–water partition coefficient (Wildman–Crippen LogP) is 4.50. The summed E-state index contributed by atoms with van der Waals surface area (Å²) < 4.78 is 2.15. The quantitative estimate of drug-likeness (QED) is 0.648. The highest BCUT2D eigenvalue weighted by atomic mass is 15.0. The number of benzene rings is 2. The minimum Gasteiger partial charge on any atom is -0.337 e. The van der Waals surface area contributed by atoms with E-state index < -0.39 is 0 Å². The summed E-state index contributed by atoms with van der Waals surface area (Å²) in [7, 11) is 0. The maximum absolute atomic E-state index is 4.10. The highest BCUT2D eigenvalue weighted by Gasteiger charge is 2.13. The Hall–Kier alpha value is -2.35. The molecule has 0 atom stereocenters. The molecule has 0 unspecified atom stereocenters. The zero-order chi connectivity index (χ0) is 14.3. The molecule has 0 aliphatic carbocycles. The largest absolute Gasteiger partial charge is 0.337 e. The second kappa shape index (κ2) is 6.89. The van der Waals surface area contributed by atoms with Crippen LogP contribution in [-0.4, -0.2) is 9.55 Å². The van der Waals surface area contributed by atoms with Crippen molar-refractivity contribution in [3.63, 3.8) is 0 Å². The molecule has 3 aromatic rings. The van der Waals surface area contributed by atoms with Gasteiger partial charge in [-0.3, -0.25) is 0 Å². The summed E-state index contributed by atoms with van der Waals surface area (Å²) in [6.45, 7) is 1.02. The van der Waals surface area contributed by atoms with Gasteiger partial charge in [-0.25, -0.2) is 4.98 Å². The molecule has 0 amide bonds. The predicted molar refractivity (Wildman–Crippen MR) is 86.2 cm³/mol. The minimum atomic E-state index is 0.468. The first-order valence-corrected chi connectivity index (χ1v) is 7.49. The first-order valence-electron chi connectivity index (χ1n) is 7.49. The normalized spacial score (nSPS) is 10.9. The summed E-state index contributed by atoms with van der Waals surface area (Å²) in [5.41, 5.74) is 2.80. The van der Waals surface area contributed by atoms with Crippen LogP contribution in [0.5, 0.6) is 0 Å². The van der Waals surface area contributed by atoms with Gasteiger partial charge >= 0.3 is 0 Å². The standard InChI is InChI=1S/C19H20N2/c1-3-8-17(9-4-1)19(18-10-5-2-6-11-18)12-7-14-21-15-13-20-16-21/h1-6,8-11,13,15-16,19H,7,12,14H2. The Morgan fingerprint density at radius 3 is 2.00 bits per heavy atom. The molecule has 0 N–H and O–H groups in total. The summed E-state index contributed by atoms with van der Waals surface area (Å²) in [4.78, 5) is 4.10. The van der Waals surface area contributed by atoms with Crippen molar-refractivity contribution in [3.8, 4) is 0 Å². The van der Waals surface area contributed by atoms with Gasteiger partial charge in [-0.05, 0) is 24.0 Å². The molecule has 0 aliphatic rings. The number of aryl methyl sites for hydroxylation is 1. The topological polar surface area (TPSA) is 17.8 Å². The molecule has 0 spiro atoms. The van der Waals surface area contributed by atoms with Gasteiger partial charge in [0.2, 0.25) is 0 Å². The van der Waals surface area contributed by atoms with Crippen molar-refractivity contribution in [2.24, 2.45) is 0 Å². The molecule has 0 fully saturated rings. The van der Waals surface area contributed by atoms with Crippen molar-refractivity contribution in [2.75, 3.05) is 0 Å². The Bertz CT molecular complexity index is 590. The first kappa shape index (κ1) is 13.6. The summed E-state index contributed by atoms with van der Waals surface area (Å²) in [6, 6.07) is 21.6. The number of rotatable bonds is 6. The van der Waals surface area contributed by atoms with E-state index in [2.05, 4.69) is 70.2 Å². The van der Waals surface area contributed by atoms with Gasteiger partial charge in [-0.1, -0.05) is 60.7 Å². The maximum Gasteiger partial charge on any atom is 0.0945 e. The number of hydrogen-bond acceptors (Lipinski definition) is 1. The van der Waals surface area contributed by atoms with E-state index >= 15 is 0 Å². The van der Waals surface area contributed by atoms with Crippen molar-refractivity contribution in [2.45, 2.75) is 25.3 Å². The molecule has 0 saturated carbocycles. The fourth-order valence-corrected chi connectivity index (χ4v) is 2.79. The van der Waals surface area contributed by atoms with Crippen LogP contribution in [0.2, 0.25) is 0 Å². The molecule has 3 rings (SSSR count). The third-order valence-corrected chi connectivity index (χ3v) is 3.87. The fraction of sp³-hybridized carbons (Fsp3) is 0.211. The maximum atomic E-state index is 4.10. The van der Waals surface area contributed by atoms with Crippen molar-refractivity contribution < 1.29 is 0 Å². The highest BCUT2D eigenvalue weighted by Crippen LogP contribution is 2.29. The van der Waals surface area contributed by atoms with Crippen molar-refractivity contribution in [1.29, 1.82) is 0 Å². The average Bonchev–Trinajstić information content (AvgIpc) is 3.07. The molecule has 106 valence electrons. The molecule has 2 aromatic carbocycles. The van der Waals surface area contributed by atoms with Crippen molar-refractivity contribution >= 4 is 0 Å². The van der Waals surface area contributed by atoms with E-state index in [0.29, 0.717) is 5.92 Å². The van der Waals surface area contributed by atoms with E-state index in [-0.39, 0.29) is 0 Å². The van der Waals surface area contributed by atoms with Gasteiger partial charge in [-0.2, -0.15) is 0 Å². The van der Waals surface area contributed by atoms with Crippen LogP contribution in [0.1, 0.15) is 29.9 Å². The third-order valence-electron chi connectivity index (χ3n) is 3.87. The average molecular weight is 276 g/mol. The SMILES string of the molecule is c1ccc(C(CCCn2ccnc2)c2ccccc2)cc1. The molecule has 2 heteroatoms. The van der Waals surface area contributed by atoms with E-state index in [0.717, 1.165) is 19.4 Å². The number of nitrogens with zero attached hydrogens (tertiary/aromatic N) is 2. The summed E-state index contributed by atoms with van der Waals surface area (Å²) >= 11 is 0. The van der Waals surface area contributed by atoms with Crippen LogP contribution in [0.25, 0.3) is 0 Å². The zero-order valence-corrected chi connectivity index (χ0v) is 12.1. The molecule has 0 aliphatic heterocycles. The summed E-state index contributed by atoms with van der Waals surface area (Å²) in [6.07, 6.45) is 8.04. The smallest absolute Gasteiger partial charge is 0.0945 e. The minimum absolute atomic E-state index is 0.468. The van der Waals surface area contributed by atoms with Gasteiger partial charge in [-0.15, -0.1) is 0 Å². The lowest BCUT2D eigenvalue weighted by molar-refractivity contribution is 0.576. The van der Waals surface area contributed by atoms with E-state index in [9.17, 15) is 0 Å². The molecular formula is C19H20N2. The molecule has 21 heavy (non-hydrogen) atoms.